The van der Waals surface area contributed by atoms with Gasteiger partial charge in [-0.1, -0.05) is 31.2 Å². The lowest BCUT2D eigenvalue weighted by atomic mass is 10.1. The lowest BCUT2D eigenvalue weighted by Gasteiger charge is -2.18. The van der Waals surface area contributed by atoms with E-state index >= 15 is 0 Å². The van der Waals surface area contributed by atoms with Gasteiger partial charge in [-0.2, -0.15) is 0 Å². The molecule has 0 amide bonds. The molecule has 0 aliphatic carbocycles. The number of rotatable bonds is 7. The highest BCUT2D eigenvalue weighted by atomic mass is 32.2. The predicted octanol–water partition coefficient (Wildman–Crippen LogP) is 2.44. The van der Waals surface area contributed by atoms with Crippen LogP contribution in [-0.2, 0) is 22.0 Å². The Hall–Kier alpha value is -0.710. The average Bonchev–Trinajstić information content (AvgIpc) is 2.97. The number of aryl methyl sites for hydroxylation is 1. The summed E-state index contributed by atoms with van der Waals surface area (Å²) in [7, 11) is 1.10. The van der Waals surface area contributed by atoms with Gasteiger partial charge in [-0.25, -0.2) is 0 Å². The second-order valence-corrected chi connectivity index (χ2v) is 6.89. The van der Waals surface area contributed by atoms with Crippen LogP contribution in [0.3, 0.4) is 0 Å². The first kappa shape index (κ1) is 15.7. The van der Waals surface area contributed by atoms with Crippen molar-refractivity contribution in [1.82, 2.24) is 5.32 Å². The topological polar surface area (TPSA) is 38.3 Å². The number of benzene rings is 1. The molecule has 1 aliphatic rings. The Kier molecular flexibility index (Phi) is 6.20. The van der Waals surface area contributed by atoms with Gasteiger partial charge < -0.3 is 10.1 Å². The molecule has 1 heterocycles. The summed E-state index contributed by atoms with van der Waals surface area (Å²) in [6.07, 6.45) is 3.42. The first-order valence-electron chi connectivity index (χ1n) is 7.45. The summed E-state index contributed by atoms with van der Waals surface area (Å²) < 4.78 is 17.8. The zero-order valence-electron chi connectivity index (χ0n) is 12.4. The summed E-state index contributed by atoms with van der Waals surface area (Å²) >= 11 is 0. The lowest BCUT2D eigenvalue weighted by Crippen LogP contribution is -2.26. The molecule has 0 saturated carbocycles. The van der Waals surface area contributed by atoms with E-state index in [1.165, 1.54) is 11.1 Å². The van der Waals surface area contributed by atoms with Crippen molar-refractivity contribution in [1.29, 1.82) is 0 Å². The minimum absolute atomic E-state index is 0.156. The molecule has 1 aliphatic heterocycles. The molecule has 0 radical (unpaired) electrons. The monoisotopic (exact) mass is 295 g/mol. The molecule has 0 spiro atoms. The predicted molar refractivity (Wildman–Crippen MR) is 84.5 cm³/mol. The van der Waals surface area contributed by atoms with Gasteiger partial charge in [0.2, 0.25) is 0 Å². The minimum Gasteiger partial charge on any atom is -0.377 e. The average molecular weight is 295 g/mol. The standard InChI is InChI=1S/C16H25NO2S/c1-3-13-6-8-14(9-7-13)16(17-2)12-20(18)11-15-5-4-10-19-15/h6-9,15-17H,3-5,10-12H2,1-2H3. The molecule has 112 valence electrons. The van der Waals surface area contributed by atoms with Crippen LogP contribution in [0.2, 0.25) is 0 Å². The van der Waals surface area contributed by atoms with Gasteiger partial charge in [0.15, 0.2) is 0 Å². The van der Waals surface area contributed by atoms with Crippen LogP contribution in [0.5, 0.6) is 0 Å². The van der Waals surface area contributed by atoms with Gasteiger partial charge in [-0.15, -0.1) is 0 Å². The van der Waals surface area contributed by atoms with E-state index in [4.69, 9.17) is 4.74 Å². The van der Waals surface area contributed by atoms with Crippen molar-refractivity contribution < 1.29 is 8.95 Å². The third kappa shape index (κ3) is 4.40. The Morgan fingerprint density at radius 2 is 2.15 bits per heavy atom. The highest BCUT2D eigenvalue weighted by Crippen LogP contribution is 2.18. The van der Waals surface area contributed by atoms with Gasteiger partial charge in [0.25, 0.3) is 0 Å². The number of nitrogens with one attached hydrogen (secondary N) is 1. The molecule has 1 saturated heterocycles. The van der Waals surface area contributed by atoms with Gasteiger partial charge in [0, 0.05) is 35.0 Å². The molecule has 20 heavy (non-hydrogen) atoms. The van der Waals surface area contributed by atoms with Crippen molar-refractivity contribution in [2.24, 2.45) is 0 Å². The van der Waals surface area contributed by atoms with Crippen LogP contribution in [0, 0.1) is 0 Å². The van der Waals surface area contributed by atoms with Crippen LogP contribution in [-0.4, -0.2) is 35.5 Å². The van der Waals surface area contributed by atoms with Crippen molar-refractivity contribution in [2.75, 3.05) is 25.2 Å². The van der Waals surface area contributed by atoms with Gasteiger partial charge in [0.1, 0.15) is 0 Å². The van der Waals surface area contributed by atoms with E-state index in [1.807, 2.05) is 7.05 Å². The van der Waals surface area contributed by atoms with Gasteiger partial charge in [-0.3, -0.25) is 4.21 Å². The number of ether oxygens (including phenoxy) is 1. The molecular weight excluding hydrogens is 270 g/mol. The van der Waals surface area contributed by atoms with E-state index in [0.717, 1.165) is 25.9 Å². The summed E-state index contributed by atoms with van der Waals surface area (Å²) in [6, 6.07) is 8.75. The fourth-order valence-corrected chi connectivity index (χ4v) is 4.11. The molecule has 4 heteroatoms. The molecule has 0 aromatic heterocycles. The fourth-order valence-electron chi connectivity index (χ4n) is 2.57. The van der Waals surface area contributed by atoms with Crippen molar-refractivity contribution >= 4 is 10.8 Å². The van der Waals surface area contributed by atoms with Crippen molar-refractivity contribution in [2.45, 2.75) is 38.3 Å². The Morgan fingerprint density at radius 1 is 1.40 bits per heavy atom. The smallest absolute Gasteiger partial charge is 0.0691 e. The molecule has 3 nitrogen and oxygen atoms in total. The number of hydrogen-bond acceptors (Lipinski definition) is 3. The van der Waals surface area contributed by atoms with E-state index in [2.05, 4.69) is 36.5 Å². The molecule has 3 unspecified atom stereocenters. The minimum atomic E-state index is -0.835. The molecule has 0 bridgehead atoms. The van der Waals surface area contributed by atoms with E-state index < -0.39 is 10.8 Å². The Bertz CT molecular complexity index is 427. The summed E-state index contributed by atoms with van der Waals surface area (Å²) in [4.78, 5) is 0. The van der Waals surface area contributed by atoms with E-state index in [0.29, 0.717) is 11.5 Å². The van der Waals surface area contributed by atoms with Gasteiger partial charge in [0.05, 0.1) is 6.10 Å². The highest BCUT2D eigenvalue weighted by Gasteiger charge is 2.20. The fraction of sp³-hybridized carbons (Fsp3) is 0.625. The van der Waals surface area contributed by atoms with Gasteiger partial charge in [-0.05, 0) is 37.4 Å². The van der Waals surface area contributed by atoms with Crippen LogP contribution >= 0.6 is 0 Å². The van der Waals surface area contributed by atoms with Gasteiger partial charge >= 0.3 is 0 Å². The quantitative estimate of drug-likeness (QED) is 0.839. The zero-order chi connectivity index (χ0) is 14.4. The second kappa shape index (κ2) is 7.91. The SMILES string of the molecule is CCc1ccc(C(CS(=O)CC2CCCO2)NC)cc1. The molecule has 1 aromatic carbocycles. The van der Waals surface area contributed by atoms with E-state index in [9.17, 15) is 4.21 Å². The Morgan fingerprint density at radius 3 is 2.70 bits per heavy atom. The zero-order valence-corrected chi connectivity index (χ0v) is 13.2. The first-order valence-corrected chi connectivity index (χ1v) is 8.94. The third-order valence-corrected chi connectivity index (χ3v) is 5.34. The highest BCUT2D eigenvalue weighted by molar-refractivity contribution is 7.85. The van der Waals surface area contributed by atoms with Crippen molar-refractivity contribution in [3.63, 3.8) is 0 Å². The van der Waals surface area contributed by atoms with Crippen LogP contribution in [0.4, 0.5) is 0 Å². The van der Waals surface area contributed by atoms with Crippen LogP contribution < -0.4 is 5.32 Å². The third-order valence-electron chi connectivity index (χ3n) is 3.89. The molecular formula is C16H25NO2S. The largest absolute Gasteiger partial charge is 0.377 e. The summed E-state index contributed by atoms with van der Waals surface area (Å²) in [5, 5.41) is 3.28. The second-order valence-electron chi connectivity index (χ2n) is 5.34. The molecule has 3 atom stereocenters. The summed E-state index contributed by atoms with van der Waals surface area (Å²) in [5.74, 6) is 1.33. The molecule has 1 aromatic rings. The maximum absolute atomic E-state index is 12.3. The molecule has 2 rings (SSSR count). The van der Waals surface area contributed by atoms with E-state index in [1.54, 1.807) is 0 Å². The van der Waals surface area contributed by atoms with Crippen molar-refractivity contribution in [3.8, 4) is 0 Å². The Labute approximate surface area is 124 Å². The van der Waals surface area contributed by atoms with Crippen LogP contribution in [0.25, 0.3) is 0 Å². The molecule has 1 fully saturated rings. The van der Waals surface area contributed by atoms with E-state index in [-0.39, 0.29) is 12.1 Å². The molecule has 1 N–H and O–H groups in total. The van der Waals surface area contributed by atoms with Crippen LogP contribution in [0.1, 0.15) is 36.9 Å². The number of hydrogen-bond donors (Lipinski definition) is 1. The summed E-state index contributed by atoms with van der Waals surface area (Å²) in [5.41, 5.74) is 2.55. The summed E-state index contributed by atoms with van der Waals surface area (Å²) in [6.45, 7) is 2.98. The Balaban J connectivity index is 1.91. The lowest BCUT2D eigenvalue weighted by molar-refractivity contribution is 0.128. The normalized spacial score (nSPS) is 21.8. The maximum Gasteiger partial charge on any atom is 0.0691 e. The first-order chi connectivity index (χ1) is 9.72. The van der Waals surface area contributed by atoms with Crippen LogP contribution in [0.15, 0.2) is 24.3 Å². The van der Waals surface area contributed by atoms with Crippen molar-refractivity contribution in [3.05, 3.63) is 35.4 Å². The maximum atomic E-state index is 12.3.